The Labute approximate surface area is 143 Å². The fraction of sp³-hybridized carbons (Fsp3) is 0. The van der Waals surface area contributed by atoms with E-state index in [-0.39, 0.29) is 119 Å². The standard InChI is InChI=1S/Mg.3Na.H3O4P.5H/c;;;;1-5(2,3)4;;;;;/h;;;;(H3,1,2,3,4);;;;;/q+2;3*+1;;5*-1. The van der Waals surface area contributed by atoms with Crippen LogP contribution in [0.25, 0.3) is 0 Å². The summed E-state index contributed by atoms with van der Waals surface area (Å²) in [7, 11) is -4.64. The van der Waals surface area contributed by atoms with Crippen LogP contribution in [0.15, 0.2) is 0 Å². The fourth-order valence-electron chi connectivity index (χ4n) is 0. The van der Waals surface area contributed by atoms with Gasteiger partial charge >= 0.3 is 120 Å². The van der Waals surface area contributed by atoms with Crippen LogP contribution >= 0.6 is 7.82 Å². The molecule has 4 nitrogen and oxygen atoms in total. The molecule has 9 heteroatoms. The van der Waals surface area contributed by atoms with Gasteiger partial charge in [-0.1, -0.05) is 0 Å². The SMILES string of the molecule is O=P(O)(O)O.[H-].[H-].[H-].[H-].[H-].[Mg+2].[Na+].[Na+].[Na+]. The molecule has 0 aliphatic carbocycles. The van der Waals surface area contributed by atoms with Crippen molar-refractivity contribution >= 4 is 30.9 Å². The minimum atomic E-state index is -4.64. The minimum Gasteiger partial charge on any atom is -1.00 e. The zero-order valence-corrected chi connectivity index (χ0v) is 14.2. The van der Waals surface area contributed by atoms with E-state index in [0.717, 1.165) is 0 Å². The van der Waals surface area contributed by atoms with E-state index in [0.29, 0.717) is 0 Å². The van der Waals surface area contributed by atoms with Crippen molar-refractivity contribution in [2.24, 2.45) is 0 Å². The topological polar surface area (TPSA) is 77.8 Å². The first-order chi connectivity index (χ1) is 2.00. The van der Waals surface area contributed by atoms with Crippen LogP contribution in [0.1, 0.15) is 7.13 Å². The summed E-state index contributed by atoms with van der Waals surface area (Å²) in [6.07, 6.45) is 0. The Morgan fingerprint density at radius 1 is 1.00 bits per heavy atom. The molecule has 0 atom stereocenters. The van der Waals surface area contributed by atoms with E-state index in [1.165, 1.54) is 0 Å². The van der Waals surface area contributed by atoms with Crippen LogP contribution < -0.4 is 88.7 Å². The van der Waals surface area contributed by atoms with E-state index >= 15 is 0 Å². The van der Waals surface area contributed by atoms with Crippen LogP contribution in [0.3, 0.4) is 0 Å². The first-order valence-corrected chi connectivity index (χ1v) is 2.35. The van der Waals surface area contributed by atoms with Crippen molar-refractivity contribution in [3.63, 3.8) is 0 Å². The molecule has 0 rings (SSSR count). The van der Waals surface area contributed by atoms with Gasteiger partial charge in [0.25, 0.3) is 0 Å². The van der Waals surface area contributed by atoms with E-state index in [2.05, 4.69) is 0 Å². The van der Waals surface area contributed by atoms with Crippen molar-refractivity contribution in [1.82, 2.24) is 0 Å². The molecule has 0 saturated carbocycles. The smallest absolute Gasteiger partial charge is 1.00 e. The third-order valence-electron chi connectivity index (χ3n) is 0. The predicted octanol–water partition coefficient (Wildman–Crippen LogP) is -9.73. The number of hydrogen-bond acceptors (Lipinski definition) is 1. The minimum absolute atomic E-state index is 0. The van der Waals surface area contributed by atoms with Crippen LogP contribution in [-0.4, -0.2) is 37.7 Å². The molecule has 0 fully saturated rings. The maximum atomic E-state index is 8.88. The fourth-order valence-corrected chi connectivity index (χ4v) is 0. The quantitative estimate of drug-likeness (QED) is 0.266. The zero-order chi connectivity index (χ0) is 4.50. The second-order valence-corrected chi connectivity index (χ2v) is 1.54. The van der Waals surface area contributed by atoms with E-state index in [4.69, 9.17) is 19.2 Å². The second kappa shape index (κ2) is 14.4. The molecule has 0 aliphatic rings. The predicted molar refractivity (Wildman–Crippen MR) is 25.6 cm³/mol. The van der Waals surface area contributed by atoms with Crippen molar-refractivity contribution in [2.75, 3.05) is 0 Å². The Morgan fingerprint density at radius 3 is 1.00 bits per heavy atom. The number of phosphoric acid groups is 1. The summed E-state index contributed by atoms with van der Waals surface area (Å²) in [5.41, 5.74) is 0. The van der Waals surface area contributed by atoms with Gasteiger partial charge in [0.05, 0.1) is 0 Å². The number of hydrogen-bond donors (Lipinski definition) is 3. The molecule has 0 aromatic carbocycles. The Morgan fingerprint density at radius 2 is 1.00 bits per heavy atom. The Hall–Kier alpha value is 3.88. The molecular weight excluding hydrogens is 188 g/mol. The molecule has 0 aliphatic heterocycles. The van der Waals surface area contributed by atoms with Crippen molar-refractivity contribution in [3.05, 3.63) is 0 Å². The van der Waals surface area contributed by atoms with Gasteiger partial charge in [0.1, 0.15) is 0 Å². The van der Waals surface area contributed by atoms with Crippen LogP contribution in [0.5, 0.6) is 0 Å². The molecule has 9 heavy (non-hydrogen) atoms. The van der Waals surface area contributed by atoms with Gasteiger partial charge in [-0.2, -0.15) is 0 Å². The maximum Gasteiger partial charge on any atom is 2.00 e. The van der Waals surface area contributed by atoms with Gasteiger partial charge in [0.15, 0.2) is 0 Å². The molecule has 3 N–H and O–H groups in total. The maximum absolute atomic E-state index is 8.88. The van der Waals surface area contributed by atoms with E-state index in [1.807, 2.05) is 0 Å². The molecule has 42 valence electrons. The molecule has 0 heterocycles. The summed E-state index contributed by atoms with van der Waals surface area (Å²) in [5, 5.41) is 0. The van der Waals surface area contributed by atoms with Gasteiger partial charge in [0, 0.05) is 0 Å². The molecule has 0 unspecified atom stereocenters. The third-order valence-corrected chi connectivity index (χ3v) is 0. The average Bonchev–Trinajstić information content (AvgIpc) is 0.722. The van der Waals surface area contributed by atoms with Crippen LogP contribution in [0.2, 0.25) is 0 Å². The number of rotatable bonds is 0. The van der Waals surface area contributed by atoms with Gasteiger partial charge in [-0.25, -0.2) is 4.57 Å². The summed E-state index contributed by atoms with van der Waals surface area (Å²) < 4.78 is 8.88. The van der Waals surface area contributed by atoms with E-state index < -0.39 is 7.82 Å². The second-order valence-electron chi connectivity index (χ2n) is 0.513. The molecule has 0 aromatic rings. The normalized spacial score (nSPS) is 6.56. The van der Waals surface area contributed by atoms with Crippen LogP contribution in [0.4, 0.5) is 0 Å². The Balaban J connectivity index is -0.00000000222. The van der Waals surface area contributed by atoms with Gasteiger partial charge in [-0.15, -0.1) is 0 Å². The largest absolute Gasteiger partial charge is 2.00 e. The van der Waals surface area contributed by atoms with Crippen LogP contribution in [0, 0.1) is 0 Å². The van der Waals surface area contributed by atoms with E-state index in [1.54, 1.807) is 0 Å². The molecular formula is H8MgNa3O4P. The molecule has 0 aromatic heterocycles. The molecule has 0 amide bonds. The van der Waals surface area contributed by atoms with Gasteiger partial charge in [-0.3, -0.25) is 0 Å². The molecule has 0 radical (unpaired) electrons. The molecule has 0 saturated heterocycles. The summed E-state index contributed by atoms with van der Waals surface area (Å²) in [6, 6.07) is 0. The van der Waals surface area contributed by atoms with Gasteiger partial charge in [-0.05, 0) is 0 Å². The first-order valence-electron chi connectivity index (χ1n) is 0.783. The van der Waals surface area contributed by atoms with Gasteiger partial charge in [0.2, 0.25) is 0 Å². The van der Waals surface area contributed by atoms with E-state index in [9.17, 15) is 0 Å². The zero-order valence-electron chi connectivity index (χ0n) is 10.9. The van der Waals surface area contributed by atoms with Crippen molar-refractivity contribution in [3.8, 4) is 0 Å². The van der Waals surface area contributed by atoms with Gasteiger partial charge < -0.3 is 21.8 Å². The molecule has 0 spiro atoms. The average molecular weight is 196 g/mol. The first kappa shape index (κ1) is 29.3. The summed E-state index contributed by atoms with van der Waals surface area (Å²) >= 11 is 0. The van der Waals surface area contributed by atoms with Crippen molar-refractivity contribution < 1.29 is 115 Å². The molecule has 0 bridgehead atoms. The Bertz CT molecular complexity index is 75.1. The monoisotopic (exact) mass is 196 g/mol. The Kier molecular flexibility index (Phi) is 46.9. The van der Waals surface area contributed by atoms with Crippen LogP contribution in [-0.2, 0) is 4.57 Å². The van der Waals surface area contributed by atoms with Crippen molar-refractivity contribution in [1.29, 1.82) is 0 Å². The summed E-state index contributed by atoms with van der Waals surface area (Å²) in [6.45, 7) is 0. The summed E-state index contributed by atoms with van der Waals surface area (Å²) in [4.78, 5) is 21.6. The van der Waals surface area contributed by atoms with Crippen molar-refractivity contribution in [2.45, 2.75) is 0 Å². The summed E-state index contributed by atoms with van der Waals surface area (Å²) in [5.74, 6) is 0. The third kappa shape index (κ3) is 77.1.